The van der Waals surface area contributed by atoms with Crippen LogP contribution < -0.4 is 5.32 Å². The van der Waals surface area contributed by atoms with Gasteiger partial charge in [0.15, 0.2) is 0 Å². The van der Waals surface area contributed by atoms with Crippen molar-refractivity contribution in [1.29, 1.82) is 0 Å². The van der Waals surface area contributed by atoms with Gasteiger partial charge in [0.1, 0.15) is 12.4 Å². The van der Waals surface area contributed by atoms with E-state index in [1.54, 1.807) is 12.1 Å². The minimum absolute atomic E-state index is 0.0153. The van der Waals surface area contributed by atoms with E-state index in [2.05, 4.69) is 29.6 Å². The molecular formula is C22H18ClNO3. The fourth-order valence-electron chi connectivity index (χ4n) is 3.48. The van der Waals surface area contributed by atoms with Crippen molar-refractivity contribution in [2.75, 3.05) is 6.61 Å². The van der Waals surface area contributed by atoms with Gasteiger partial charge in [-0.2, -0.15) is 0 Å². The Morgan fingerprint density at radius 2 is 1.63 bits per heavy atom. The summed E-state index contributed by atoms with van der Waals surface area (Å²) in [4.78, 5) is 12.1. The second kappa shape index (κ2) is 7.33. The molecule has 3 aromatic rings. The number of halogens is 1. The average molecular weight is 380 g/mol. The summed E-state index contributed by atoms with van der Waals surface area (Å²) in [7, 11) is 0. The lowest BCUT2D eigenvalue weighted by molar-refractivity contribution is 0.142. The van der Waals surface area contributed by atoms with Crippen LogP contribution in [0.1, 0.15) is 22.6 Å². The predicted octanol–water partition coefficient (Wildman–Crippen LogP) is 5.08. The van der Waals surface area contributed by atoms with E-state index >= 15 is 0 Å². The maximum absolute atomic E-state index is 12.1. The van der Waals surface area contributed by atoms with Crippen LogP contribution in [-0.2, 0) is 11.3 Å². The van der Waals surface area contributed by atoms with Gasteiger partial charge in [0, 0.05) is 12.5 Å². The second-order valence-electron chi connectivity index (χ2n) is 6.46. The Morgan fingerprint density at radius 1 is 1.00 bits per heavy atom. The smallest absolute Gasteiger partial charge is 0.407 e. The third-order valence-corrected chi connectivity index (χ3v) is 5.10. The van der Waals surface area contributed by atoms with E-state index in [1.807, 2.05) is 24.3 Å². The molecule has 5 heteroatoms. The van der Waals surface area contributed by atoms with Crippen LogP contribution in [0.15, 0.2) is 66.7 Å². The van der Waals surface area contributed by atoms with Crippen molar-refractivity contribution in [3.05, 3.63) is 88.4 Å². The van der Waals surface area contributed by atoms with Gasteiger partial charge in [0.25, 0.3) is 0 Å². The molecule has 3 aromatic carbocycles. The lowest BCUT2D eigenvalue weighted by atomic mass is 9.98. The highest BCUT2D eigenvalue weighted by Crippen LogP contribution is 2.44. The number of fused-ring (bicyclic) bond motifs is 3. The van der Waals surface area contributed by atoms with E-state index in [-0.39, 0.29) is 29.8 Å². The molecule has 136 valence electrons. The monoisotopic (exact) mass is 379 g/mol. The molecule has 0 bridgehead atoms. The maximum Gasteiger partial charge on any atom is 0.407 e. The fraction of sp³-hybridized carbons (Fsp3) is 0.136. The van der Waals surface area contributed by atoms with Gasteiger partial charge >= 0.3 is 6.09 Å². The number of nitrogens with one attached hydrogen (secondary N) is 1. The standard InChI is InChI=1S/C22H18ClNO3/c23-20-11-14(9-10-21(20)25)12-24-22(26)27-13-19-17-7-3-1-5-15(17)16-6-2-4-8-18(16)19/h1-11,19,25H,12-13H2,(H,24,26). The molecule has 0 radical (unpaired) electrons. The van der Waals surface area contributed by atoms with Crippen LogP contribution in [0.25, 0.3) is 11.1 Å². The first kappa shape index (κ1) is 17.4. The Hall–Kier alpha value is -2.98. The normalized spacial score (nSPS) is 12.3. The molecule has 4 rings (SSSR count). The molecule has 27 heavy (non-hydrogen) atoms. The van der Waals surface area contributed by atoms with Crippen molar-refractivity contribution in [3.63, 3.8) is 0 Å². The van der Waals surface area contributed by atoms with Gasteiger partial charge in [0.2, 0.25) is 0 Å². The number of alkyl carbamates (subject to hydrolysis) is 1. The highest BCUT2D eigenvalue weighted by molar-refractivity contribution is 6.32. The molecule has 0 atom stereocenters. The van der Waals surface area contributed by atoms with Gasteiger partial charge < -0.3 is 15.2 Å². The number of phenols is 1. The number of amides is 1. The maximum atomic E-state index is 12.1. The van der Waals surface area contributed by atoms with E-state index in [4.69, 9.17) is 16.3 Å². The molecule has 2 N–H and O–H groups in total. The lowest BCUT2D eigenvalue weighted by Gasteiger charge is -2.14. The Labute approximate surface area is 162 Å². The summed E-state index contributed by atoms with van der Waals surface area (Å²) in [5, 5.41) is 12.4. The SMILES string of the molecule is O=C(NCc1ccc(O)c(Cl)c1)OCC1c2ccccc2-c2ccccc21. The molecule has 1 aliphatic carbocycles. The number of hydrogen-bond donors (Lipinski definition) is 2. The summed E-state index contributed by atoms with van der Waals surface area (Å²) in [6, 6.07) is 21.2. The molecule has 0 heterocycles. The van der Waals surface area contributed by atoms with E-state index < -0.39 is 6.09 Å². The van der Waals surface area contributed by atoms with Gasteiger partial charge in [-0.25, -0.2) is 4.79 Å². The molecule has 1 aliphatic rings. The van der Waals surface area contributed by atoms with Crippen LogP contribution in [0, 0.1) is 0 Å². The zero-order chi connectivity index (χ0) is 18.8. The van der Waals surface area contributed by atoms with Crippen molar-refractivity contribution in [1.82, 2.24) is 5.32 Å². The average Bonchev–Trinajstić information content (AvgIpc) is 3.01. The molecular weight excluding hydrogens is 362 g/mol. The lowest BCUT2D eigenvalue weighted by Crippen LogP contribution is -2.25. The third kappa shape index (κ3) is 3.49. The Morgan fingerprint density at radius 3 is 2.26 bits per heavy atom. The zero-order valence-corrected chi connectivity index (χ0v) is 15.2. The first-order chi connectivity index (χ1) is 13.1. The zero-order valence-electron chi connectivity index (χ0n) is 14.5. The van der Waals surface area contributed by atoms with Crippen molar-refractivity contribution in [3.8, 4) is 16.9 Å². The Balaban J connectivity index is 1.41. The molecule has 0 spiro atoms. The van der Waals surface area contributed by atoms with Crippen molar-refractivity contribution in [2.24, 2.45) is 0 Å². The van der Waals surface area contributed by atoms with Crippen LogP contribution in [0.2, 0.25) is 5.02 Å². The van der Waals surface area contributed by atoms with Crippen molar-refractivity contribution < 1.29 is 14.6 Å². The predicted molar refractivity (Wildman–Crippen MR) is 105 cm³/mol. The van der Waals surface area contributed by atoms with Crippen LogP contribution >= 0.6 is 11.6 Å². The van der Waals surface area contributed by atoms with Crippen LogP contribution in [0.5, 0.6) is 5.75 Å². The van der Waals surface area contributed by atoms with Crippen LogP contribution in [-0.4, -0.2) is 17.8 Å². The summed E-state index contributed by atoms with van der Waals surface area (Å²) in [6.45, 7) is 0.548. The van der Waals surface area contributed by atoms with E-state index in [0.717, 1.165) is 5.56 Å². The molecule has 0 aliphatic heterocycles. The fourth-order valence-corrected chi connectivity index (χ4v) is 3.69. The number of ether oxygens (including phenoxy) is 1. The van der Waals surface area contributed by atoms with Gasteiger partial charge in [-0.15, -0.1) is 0 Å². The van der Waals surface area contributed by atoms with E-state index in [9.17, 15) is 9.90 Å². The van der Waals surface area contributed by atoms with E-state index in [1.165, 1.54) is 28.3 Å². The first-order valence-corrected chi connectivity index (χ1v) is 9.07. The summed E-state index contributed by atoms with van der Waals surface area (Å²) in [5.41, 5.74) is 5.53. The Kier molecular flexibility index (Phi) is 4.73. The number of hydrogen-bond acceptors (Lipinski definition) is 3. The quantitative estimate of drug-likeness (QED) is 0.664. The molecule has 0 fully saturated rings. The number of aromatic hydroxyl groups is 1. The van der Waals surface area contributed by atoms with E-state index in [0.29, 0.717) is 0 Å². The summed E-state index contributed by atoms with van der Waals surface area (Å²) < 4.78 is 5.48. The van der Waals surface area contributed by atoms with Gasteiger partial charge in [0.05, 0.1) is 5.02 Å². The highest BCUT2D eigenvalue weighted by atomic mass is 35.5. The van der Waals surface area contributed by atoms with Gasteiger partial charge in [-0.05, 0) is 39.9 Å². The minimum atomic E-state index is -0.485. The minimum Gasteiger partial charge on any atom is -0.506 e. The number of rotatable bonds is 4. The summed E-state index contributed by atoms with van der Waals surface area (Å²) in [5.74, 6) is 0.0489. The van der Waals surface area contributed by atoms with Gasteiger partial charge in [-0.3, -0.25) is 0 Å². The molecule has 0 unspecified atom stereocenters. The molecule has 0 saturated heterocycles. The Bertz CT molecular complexity index is 957. The third-order valence-electron chi connectivity index (χ3n) is 4.79. The van der Waals surface area contributed by atoms with Gasteiger partial charge in [-0.1, -0.05) is 66.2 Å². The summed E-state index contributed by atoms with van der Waals surface area (Å²) >= 11 is 5.88. The molecule has 0 aromatic heterocycles. The van der Waals surface area contributed by atoms with Crippen molar-refractivity contribution >= 4 is 17.7 Å². The largest absolute Gasteiger partial charge is 0.506 e. The number of phenolic OH excluding ortho intramolecular Hbond substituents is 1. The van der Waals surface area contributed by atoms with Crippen LogP contribution in [0.4, 0.5) is 4.79 Å². The summed E-state index contributed by atoms with van der Waals surface area (Å²) in [6.07, 6.45) is -0.485. The topological polar surface area (TPSA) is 58.6 Å². The number of carbonyl (C=O) groups excluding carboxylic acids is 1. The second-order valence-corrected chi connectivity index (χ2v) is 6.87. The van der Waals surface area contributed by atoms with Crippen molar-refractivity contribution in [2.45, 2.75) is 12.5 Å². The first-order valence-electron chi connectivity index (χ1n) is 8.69. The molecule has 1 amide bonds. The number of carbonyl (C=O) groups is 1. The molecule has 4 nitrogen and oxygen atoms in total. The van der Waals surface area contributed by atoms with Crippen LogP contribution in [0.3, 0.4) is 0 Å². The molecule has 0 saturated carbocycles. The number of benzene rings is 3. The highest BCUT2D eigenvalue weighted by Gasteiger charge is 2.28.